The van der Waals surface area contributed by atoms with Crippen LogP contribution in [0.1, 0.15) is 35.8 Å². The minimum atomic E-state index is -0.0982. The van der Waals surface area contributed by atoms with E-state index >= 15 is 0 Å². The van der Waals surface area contributed by atoms with Gasteiger partial charge in [-0.05, 0) is 36.8 Å². The van der Waals surface area contributed by atoms with Gasteiger partial charge in [-0.15, -0.1) is 11.3 Å². The van der Waals surface area contributed by atoms with E-state index in [1.54, 1.807) is 11.3 Å². The van der Waals surface area contributed by atoms with E-state index in [1.807, 2.05) is 46.8 Å². The van der Waals surface area contributed by atoms with Crippen molar-refractivity contribution in [3.63, 3.8) is 0 Å². The number of carbonyl (C=O) groups excluding carboxylic acids is 1. The monoisotopic (exact) mass is 367 g/mol. The summed E-state index contributed by atoms with van der Waals surface area (Å²) < 4.78 is 0. The Morgan fingerprint density at radius 1 is 1.27 bits per heavy atom. The van der Waals surface area contributed by atoms with Crippen LogP contribution in [-0.4, -0.2) is 33.9 Å². The zero-order chi connectivity index (χ0) is 17.9. The predicted molar refractivity (Wildman–Crippen MR) is 104 cm³/mol. The molecule has 5 nitrogen and oxygen atoms in total. The highest BCUT2D eigenvalue weighted by molar-refractivity contribution is 7.09. The second-order valence-corrected chi connectivity index (χ2v) is 7.66. The van der Waals surface area contributed by atoms with Crippen LogP contribution in [0.25, 0.3) is 10.9 Å². The first kappa shape index (κ1) is 17.0. The molecule has 3 heterocycles. The summed E-state index contributed by atoms with van der Waals surface area (Å²) in [6, 6.07) is 9.60. The first-order valence-electron chi connectivity index (χ1n) is 8.99. The van der Waals surface area contributed by atoms with Gasteiger partial charge in [-0.3, -0.25) is 9.59 Å². The minimum absolute atomic E-state index is 0.0982. The van der Waals surface area contributed by atoms with Crippen molar-refractivity contribution in [2.75, 3.05) is 13.1 Å². The molecule has 4 rings (SSSR count). The van der Waals surface area contributed by atoms with Crippen molar-refractivity contribution in [2.45, 2.75) is 31.6 Å². The van der Waals surface area contributed by atoms with Crippen molar-refractivity contribution in [3.05, 3.63) is 62.8 Å². The number of para-hydroxylation sites is 1. The highest BCUT2D eigenvalue weighted by Crippen LogP contribution is 2.29. The highest BCUT2D eigenvalue weighted by Gasteiger charge is 2.25. The van der Waals surface area contributed by atoms with Crippen LogP contribution < -0.4 is 5.56 Å². The Morgan fingerprint density at radius 2 is 2.08 bits per heavy atom. The molecule has 1 N–H and O–H groups in total. The van der Waals surface area contributed by atoms with E-state index in [-0.39, 0.29) is 11.5 Å². The highest BCUT2D eigenvalue weighted by atomic mass is 32.1. The number of piperidine rings is 1. The van der Waals surface area contributed by atoms with E-state index in [9.17, 15) is 9.59 Å². The maximum atomic E-state index is 12.5. The Balaban J connectivity index is 1.36. The van der Waals surface area contributed by atoms with Crippen molar-refractivity contribution in [1.82, 2.24) is 14.9 Å². The molecule has 3 aromatic rings. The SMILES string of the molecule is O=C(CCc1cc2ccccc2[nH]c1=O)N1CCC(c2nccs2)CC1. The van der Waals surface area contributed by atoms with Gasteiger partial charge in [-0.1, -0.05) is 18.2 Å². The number of likely N-dealkylation sites (tertiary alicyclic amines) is 1. The van der Waals surface area contributed by atoms with E-state index in [0.29, 0.717) is 24.3 Å². The molecule has 6 heteroatoms. The van der Waals surface area contributed by atoms with E-state index in [4.69, 9.17) is 0 Å². The molecule has 0 aliphatic carbocycles. The number of hydrogen-bond donors (Lipinski definition) is 1. The Hall–Kier alpha value is -2.47. The summed E-state index contributed by atoms with van der Waals surface area (Å²) in [4.78, 5) is 34.0. The summed E-state index contributed by atoms with van der Waals surface area (Å²) in [6.07, 6.45) is 4.64. The summed E-state index contributed by atoms with van der Waals surface area (Å²) in [7, 11) is 0. The van der Waals surface area contributed by atoms with Gasteiger partial charge in [-0.2, -0.15) is 0 Å². The summed E-state index contributed by atoms with van der Waals surface area (Å²) in [5, 5.41) is 4.19. The predicted octanol–water partition coefficient (Wildman–Crippen LogP) is 3.32. The largest absolute Gasteiger partial charge is 0.343 e. The number of amides is 1. The number of aryl methyl sites for hydroxylation is 1. The molecule has 0 saturated carbocycles. The average Bonchev–Trinajstić information content (AvgIpc) is 3.21. The number of hydrogen-bond acceptors (Lipinski definition) is 4. The van der Waals surface area contributed by atoms with E-state index < -0.39 is 0 Å². The zero-order valence-electron chi connectivity index (χ0n) is 14.5. The first-order chi connectivity index (χ1) is 12.7. The number of thiazole rings is 1. The van der Waals surface area contributed by atoms with E-state index in [2.05, 4.69) is 9.97 Å². The number of pyridine rings is 1. The molecule has 2 aromatic heterocycles. The van der Waals surface area contributed by atoms with E-state index in [0.717, 1.165) is 36.8 Å². The minimum Gasteiger partial charge on any atom is -0.343 e. The zero-order valence-corrected chi connectivity index (χ0v) is 15.3. The number of carbonyl (C=O) groups is 1. The molecule has 0 bridgehead atoms. The van der Waals surface area contributed by atoms with Gasteiger partial charge in [0, 0.05) is 48.1 Å². The number of rotatable bonds is 4. The first-order valence-corrected chi connectivity index (χ1v) is 9.87. The van der Waals surface area contributed by atoms with Crippen LogP contribution in [0.5, 0.6) is 0 Å². The lowest BCUT2D eigenvalue weighted by Gasteiger charge is -2.31. The lowest BCUT2D eigenvalue weighted by atomic mass is 9.97. The van der Waals surface area contributed by atoms with Crippen LogP contribution >= 0.6 is 11.3 Å². The Labute approximate surface area is 155 Å². The van der Waals surface area contributed by atoms with Crippen LogP contribution in [-0.2, 0) is 11.2 Å². The second kappa shape index (κ2) is 7.41. The smallest absolute Gasteiger partial charge is 0.251 e. The van der Waals surface area contributed by atoms with Crippen LogP contribution in [0.4, 0.5) is 0 Å². The second-order valence-electron chi connectivity index (χ2n) is 6.74. The number of nitrogens with one attached hydrogen (secondary N) is 1. The summed E-state index contributed by atoms with van der Waals surface area (Å²) in [5.74, 6) is 0.609. The van der Waals surface area contributed by atoms with Gasteiger partial charge in [0.1, 0.15) is 0 Å². The van der Waals surface area contributed by atoms with Crippen molar-refractivity contribution in [3.8, 4) is 0 Å². The normalized spacial score (nSPS) is 15.5. The van der Waals surface area contributed by atoms with Crippen molar-refractivity contribution >= 4 is 28.1 Å². The molecule has 0 unspecified atom stereocenters. The molecule has 0 radical (unpaired) electrons. The van der Waals surface area contributed by atoms with Gasteiger partial charge in [0.05, 0.1) is 5.01 Å². The Kier molecular flexibility index (Phi) is 4.84. The fourth-order valence-corrected chi connectivity index (χ4v) is 4.40. The third-order valence-corrected chi connectivity index (χ3v) is 6.02. The van der Waals surface area contributed by atoms with Gasteiger partial charge < -0.3 is 9.88 Å². The number of H-pyrrole nitrogens is 1. The van der Waals surface area contributed by atoms with Crippen molar-refractivity contribution in [2.24, 2.45) is 0 Å². The van der Waals surface area contributed by atoms with Gasteiger partial charge >= 0.3 is 0 Å². The molecule has 0 atom stereocenters. The van der Waals surface area contributed by atoms with Crippen molar-refractivity contribution in [1.29, 1.82) is 0 Å². The molecule has 1 saturated heterocycles. The third-order valence-electron chi connectivity index (χ3n) is 5.09. The summed E-state index contributed by atoms with van der Waals surface area (Å²) in [5.41, 5.74) is 1.41. The number of aromatic nitrogens is 2. The third kappa shape index (κ3) is 3.55. The van der Waals surface area contributed by atoms with Crippen LogP contribution in [0, 0.1) is 0 Å². The summed E-state index contributed by atoms with van der Waals surface area (Å²) >= 11 is 1.70. The Bertz CT molecular complexity index is 957. The molecular weight excluding hydrogens is 346 g/mol. The molecule has 1 aromatic carbocycles. The molecule has 1 aliphatic rings. The van der Waals surface area contributed by atoms with Crippen LogP contribution in [0.3, 0.4) is 0 Å². The lowest BCUT2D eigenvalue weighted by Crippen LogP contribution is -2.38. The molecule has 134 valence electrons. The van der Waals surface area contributed by atoms with Crippen molar-refractivity contribution < 1.29 is 4.79 Å². The lowest BCUT2D eigenvalue weighted by molar-refractivity contribution is -0.132. The fraction of sp³-hybridized carbons (Fsp3) is 0.350. The van der Waals surface area contributed by atoms with Crippen LogP contribution in [0.2, 0.25) is 0 Å². The van der Waals surface area contributed by atoms with Gasteiger partial charge in [0.2, 0.25) is 5.91 Å². The van der Waals surface area contributed by atoms with E-state index in [1.165, 1.54) is 5.01 Å². The molecular formula is C20H21N3O2S. The average molecular weight is 367 g/mol. The number of nitrogens with zero attached hydrogens (tertiary/aromatic N) is 2. The Morgan fingerprint density at radius 3 is 2.85 bits per heavy atom. The standard InChI is InChI=1S/C20H21N3O2S/c24-18(23-10-7-14(8-11-23)20-21-9-12-26-20)6-5-16-13-15-3-1-2-4-17(15)22-19(16)25/h1-4,9,12-14H,5-8,10-11H2,(H,22,25). The molecule has 1 aliphatic heterocycles. The quantitative estimate of drug-likeness (QED) is 0.769. The maximum absolute atomic E-state index is 12.5. The molecule has 26 heavy (non-hydrogen) atoms. The molecule has 0 spiro atoms. The maximum Gasteiger partial charge on any atom is 0.251 e. The topological polar surface area (TPSA) is 66.1 Å². The van der Waals surface area contributed by atoms with Gasteiger partial charge in [-0.25, -0.2) is 4.98 Å². The number of fused-ring (bicyclic) bond motifs is 1. The molecule has 1 amide bonds. The van der Waals surface area contributed by atoms with Gasteiger partial charge in [0.25, 0.3) is 5.56 Å². The van der Waals surface area contributed by atoms with Crippen LogP contribution in [0.15, 0.2) is 46.7 Å². The number of aromatic amines is 1. The number of benzene rings is 1. The summed E-state index contributed by atoms with van der Waals surface area (Å²) in [6.45, 7) is 1.55. The molecule has 1 fully saturated rings. The fourth-order valence-electron chi connectivity index (χ4n) is 3.59. The van der Waals surface area contributed by atoms with Gasteiger partial charge in [0.15, 0.2) is 0 Å².